The number of nitrogens with one attached hydrogen (secondary N) is 4. The number of phenols is 1. The minimum Gasteiger partial charge on any atom is -0.508 e. The second-order valence-corrected chi connectivity index (χ2v) is 16.1. The van der Waals surface area contributed by atoms with Crippen molar-refractivity contribution in [3.8, 4) is 16.9 Å². The zero-order valence-corrected chi connectivity index (χ0v) is 41.8. The summed E-state index contributed by atoms with van der Waals surface area (Å²) >= 11 is 0. The number of nitrogens with two attached hydrogens (primary N) is 5. The van der Waals surface area contributed by atoms with Crippen LogP contribution >= 0.6 is 0 Å². The maximum atomic E-state index is 13.8. The molecule has 4 amide bonds. The van der Waals surface area contributed by atoms with Gasteiger partial charge in [-0.1, -0.05) is 30.3 Å². The van der Waals surface area contributed by atoms with E-state index in [1.165, 1.54) is 0 Å². The highest BCUT2D eigenvalue weighted by Crippen LogP contribution is 2.28. The fraction of sp³-hybridized carbons (Fsp3) is 0.512. The van der Waals surface area contributed by atoms with Gasteiger partial charge in [0.1, 0.15) is 17.8 Å². The van der Waals surface area contributed by atoms with Gasteiger partial charge in [-0.15, -0.1) is 0 Å². The standard InChI is InChI=1S/C33H51N9O5.5C2HF3O2/c34-11-2-6-24(37)19-39-30(44)18-25(10-13-36)40-33(47)28-15-20-4-1-5-21(14-20)22-8-9-29(43)23(16-22)17-26(38)31(45)41-27(7-3-12-35)32(46)42-28;5*3-2(4,5)1(6)7/h1,4-5,8-9,14,16,24-28,43H,2-3,6-7,10-13,15,17-19,34-38H2,(H,39,44)(H,40,47)(H,41,45)(H,42,46);5*(H,6,7)/t24-,25?,26-,27-,28-;;;;;/m0...../s1. The molecule has 1 heterocycles. The molecule has 4 bridgehead atoms. The molecule has 0 fully saturated rings. The number of hydrogen-bond acceptors (Lipinski definition) is 15. The highest BCUT2D eigenvalue weighted by Gasteiger charge is 2.41. The lowest BCUT2D eigenvalue weighted by molar-refractivity contribution is -0.193. The quantitative estimate of drug-likeness (QED) is 0.120. The topological polar surface area (TPSA) is 453 Å². The molecule has 3 rings (SSSR count). The van der Waals surface area contributed by atoms with Crippen LogP contribution in [0.2, 0.25) is 0 Å². The first kappa shape index (κ1) is 78.4. The monoisotopic (exact) mass is 1220 g/mol. The van der Waals surface area contributed by atoms with Gasteiger partial charge in [-0.2, -0.15) is 65.9 Å². The number of alkyl halides is 15. The lowest BCUT2D eigenvalue weighted by Crippen LogP contribution is -2.57. The van der Waals surface area contributed by atoms with Crippen LogP contribution in [0, 0.1) is 0 Å². The Morgan fingerprint density at radius 1 is 0.598 bits per heavy atom. The van der Waals surface area contributed by atoms with Crippen molar-refractivity contribution in [3.05, 3.63) is 53.6 Å². The number of halogens is 15. The second-order valence-electron chi connectivity index (χ2n) is 16.1. The fourth-order valence-electron chi connectivity index (χ4n) is 5.47. The SMILES string of the molecule is NCCC[C@H](N)CNC(=O)CC(CCN)NC(=O)[C@@H]1Cc2cccc(c2)-c2ccc(O)c(c2)C[C@H](N)C(=O)N[C@@H](CCCN)C(=O)N1.O=C(O)C(F)(F)F.O=C(O)C(F)(F)F.O=C(O)C(F)(F)F.O=C(O)C(F)(F)F.O=C(O)C(F)(F)F. The molecule has 24 nitrogen and oxygen atoms in total. The minimum atomic E-state index is -5.08. The third-order valence-corrected chi connectivity index (χ3v) is 9.37. The maximum Gasteiger partial charge on any atom is 0.490 e. The van der Waals surface area contributed by atoms with Crippen molar-refractivity contribution in [2.75, 3.05) is 26.2 Å². The average molecular weight is 1220 g/mol. The van der Waals surface area contributed by atoms with Gasteiger partial charge in [-0.25, -0.2) is 24.0 Å². The molecule has 1 aliphatic heterocycles. The molecule has 0 radical (unpaired) electrons. The Morgan fingerprint density at radius 2 is 1.04 bits per heavy atom. The number of aliphatic carboxylic acids is 5. The van der Waals surface area contributed by atoms with Crippen LogP contribution < -0.4 is 49.9 Å². The van der Waals surface area contributed by atoms with Gasteiger partial charge < -0.3 is 80.6 Å². The summed E-state index contributed by atoms with van der Waals surface area (Å²) in [4.78, 5) is 97.8. The van der Waals surface area contributed by atoms with E-state index in [1.807, 2.05) is 24.3 Å². The molecule has 5 atom stereocenters. The zero-order chi connectivity index (χ0) is 64.7. The molecule has 0 spiro atoms. The van der Waals surface area contributed by atoms with Crippen LogP contribution in [0.4, 0.5) is 65.9 Å². The zero-order valence-electron chi connectivity index (χ0n) is 41.8. The molecular formula is C43H56F15N9O15. The van der Waals surface area contributed by atoms with Gasteiger partial charge in [-0.05, 0) is 86.1 Å². The van der Waals surface area contributed by atoms with Gasteiger partial charge >= 0.3 is 60.7 Å². The molecular weight excluding hydrogens is 1170 g/mol. The van der Waals surface area contributed by atoms with Crippen molar-refractivity contribution in [1.82, 2.24) is 21.3 Å². The average Bonchev–Trinajstić information content (AvgIpc) is 3.33. The fourth-order valence-corrected chi connectivity index (χ4v) is 5.47. The minimum absolute atomic E-state index is 0.00165. The molecule has 82 heavy (non-hydrogen) atoms. The number of carbonyl (C=O) groups is 9. The van der Waals surface area contributed by atoms with E-state index in [9.17, 15) is 90.1 Å². The number of carbonyl (C=O) groups excluding carboxylic acids is 4. The van der Waals surface area contributed by atoms with E-state index in [4.69, 9.17) is 78.2 Å². The lowest BCUT2D eigenvalue weighted by Gasteiger charge is -2.26. The van der Waals surface area contributed by atoms with Crippen LogP contribution in [-0.4, -0.2) is 171 Å². The first-order valence-electron chi connectivity index (χ1n) is 22.5. The Balaban J connectivity index is -0.00000142. The number of phenolic OH excluding ortho intramolecular Hbond substituents is 1. The molecule has 2 aromatic rings. The maximum absolute atomic E-state index is 13.8. The van der Waals surface area contributed by atoms with Gasteiger partial charge in [-0.3, -0.25) is 19.2 Å². The number of carboxylic acids is 5. The lowest BCUT2D eigenvalue weighted by atomic mass is 9.96. The molecule has 0 aromatic heterocycles. The van der Waals surface area contributed by atoms with E-state index < -0.39 is 103 Å². The van der Waals surface area contributed by atoms with Crippen LogP contribution in [0.15, 0.2) is 42.5 Å². The smallest absolute Gasteiger partial charge is 0.490 e. The highest BCUT2D eigenvalue weighted by atomic mass is 19.4. The van der Waals surface area contributed by atoms with Crippen molar-refractivity contribution in [2.45, 2.75) is 112 Å². The number of fused-ring (bicyclic) bond motifs is 5. The molecule has 1 aliphatic rings. The van der Waals surface area contributed by atoms with Crippen LogP contribution in [0.5, 0.6) is 5.75 Å². The van der Waals surface area contributed by atoms with Crippen LogP contribution in [-0.2, 0) is 56.0 Å². The number of amides is 4. The highest BCUT2D eigenvalue weighted by molar-refractivity contribution is 5.93. The molecule has 468 valence electrons. The van der Waals surface area contributed by atoms with Gasteiger partial charge in [0.2, 0.25) is 23.6 Å². The second kappa shape index (κ2) is 36.5. The summed E-state index contributed by atoms with van der Waals surface area (Å²) in [7, 11) is 0. The first-order chi connectivity index (χ1) is 37.3. The molecule has 1 unspecified atom stereocenters. The molecule has 20 N–H and O–H groups in total. The van der Waals surface area contributed by atoms with Crippen molar-refractivity contribution < 1.29 is 140 Å². The molecule has 0 saturated heterocycles. The van der Waals surface area contributed by atoms with E-state index in [2.05, 4.69) is 21.3 Å². The van der Waals surface area contributed by atoms with Crippen LogP contribution in [0.1, 0.15) is 49.7 Å². The third-order valence-electron chi connectivity index (χ3n) is 9.37. The largest absolute Gasteiger partial charge is 0.508 e. The van der Waals surface area contributed by atoms with E-state index in [-0.39, 0.29) is 63.0 Å². The summed E-state index contributed by atoms with van der Waals surface area (Å²) < 4.78 is 159. The summed E-state index contributed by atoms with van der Waals surface area (Å²) in [5.74, 6) is -15.7. The van der Waals surface area contributed by atoms with Crippen molar-refractivity contribution in [3.63, 3.8) is 0 Å². The third kappa shape index (κ3) is 35.8. The normalized spacial score (nSPS) is 16.1. The summed E-state index contributed by atoms with van der Waals surface area (Å²) in [6.45, 7) is 1.29. The summed E-state index contributed by atoms with van der Waals surface area (Å²) in [5.41, 5.74) is 32.2. The van der Waals surface area contributed by atoms with Gasteiger partial charge in [0.25, 0.3) is 0 Å². The predicted molar refractivity (Wildman–Crippen MR) is 249 cm³/mol. The van der Waals surface area contributed by atoms with E-state index in [0.717, 1.165) is 23.1 Å². The van der Waals surface area contributed by atoms with Crippen molar-refractivity contribution in [2.24, 2.45) is 28.7 Å². The number of aromatic hydroxyl groups is 1. The van der Waals surface area contributed by atoms with Gasteiger partial charge in [0.05, 0.1) is 6.04 Å². The number of carboxylic acid groups (broad SMARTS) is 5. The summed E-state index contributed by atoms with van der Waals surface area (Å²) in [6, 6.07) is 8.58. The van der Waals surface area contributed by atoms with E-state index in [0.29, 0.717) is 31.4 Å². The Morgan fingerprint density at radius 3 is 1.45 bits per heavy atom. The Kier molecular flexibility index (Phi) is 35.0. The molecule has 39 heteroatoms. The van der Waals surface area contributed by atoms with Gasteiger partial charge in [0, 0.05) is 37.9 Å². The molecule has 2 aromatic carbocycles. The van der Waals surface area contributed by atoms with Crippen molar-refractivity contribution in [1.29, 1.82) is 0 Å². The summed E-state index contributed by atoms with van der Waals surface area (Å²) in [5, 5.41) is 57.4. The number of benzene rings is 2. The predicted octanol–water partition coefficient (Wildman–Crippen LogP) is 1.77. The van der Waals surface area contributed by atoms with Crippen LogP contribution in [0.25, 0.3) is 11.1 Å². The molecule has 0 aliphatic carbocycles. The van der Waals surface area contributed by atoms with E-state index in [1.54, 1.807) is 18.2 Å². The van der Waals surface area contributed by atoms with Crippen molar-refractivity contribution >= 4 is 53.5 Å². The first-order valence-corrected chi connectivity index (χ1v) is 22.5. The van der Waals surface area contributed by atoms with Gasteiger partial charge in [0.15, 0.2) is 0 Å². The van der Waals surface area contributed by atoms with Crippen LogP contribution in [0.3, 0.4) is 0 Å². The molecule has 0 saturated carbocycles. The summed E-state index contributed by atoms with van der Waals surface area (Å²) in [6.07, 6.45) is -22.9. The Bertz CT molecular complexity index is 2250. The van der Waals surface area contributed by atoms with E-state index >= 15 is 0 Å². The number of rotatable bonds is 14. The number of hydrogen-bond donors (Lipinski definition) is 15. The Hall–Kier alpha value is -7.78. The Labute approximate surface area is 451 Å².